The van der Waals surface area contributed by atoms with Crippen LogP contribution in [0.3, 0.4) is 0 Å². The molecule has 1 aromatic carbocycles. The minimum Gasteiger partial charge on any atom is -0.384 e. The van der Waals surface area contributed by atoms with Gasteiger partial charge in [0.15, 0.2) is 0 Å². The van der Waals surface area contributed by atoms with E-state index in [1.54, 1.807) is 22.6 Å². The highest BCUT2D eigenvalue weighted by Crippen LogP contribution is 2.42. The number of nitrogens with zero attached hydrogens (tertiary/aromatic N) is 2. The molecule has 2 heterocycles. The highest BCUT2D eigenvalue weighted by Gasteiger charge is 2.32. The summed E-state index contributed by atoms with van der Waals surface area (Å²) >= 11 is 0. The summed E-state index contributed by atoms with van der Waals surface area (Å²) < 4.78 is 27.7. The largest absolute Gasteiger partial charge is 0.384 e. The number of aromatic nitrogens is 1. The number of sulfonamides is 1. The summed E-state index contributed by atoms with van der Waals surface area (Å²) in [6.07, 6.45) is 9.90. The van der Waals surface area contributed by atoms with Gasteiger partial charge in [0.05, 0.1) is 5.69 Å². The topological polar surface area (TPSA) is 62.3 Å². The third kappa shape index (κ3) is 3.60. The molecule has 2 aromatic rings. The quantitative estimate of drug-likeness (QED) is 0.785. The van der Waals surface area contributed by atoms with Gasteiger partial charge in [0, 0.05) is 37.1 Å². The van der Waals surface area contributed by atoms with Crippen LogP contribution in [-0.4, -0.2) is 30.8 Å². The Labute approximate surface area is 172 Å². The number of hydrogen-bond acceptors (Lipinski definition) is 4. The molecule has 2 bridgehead atoms. The van der Waals surface area contributed by atoms with Gasteiger partial charge in [-0.3, -0.25) is 4.98 Å². The molecule has 0 spiro atoms. The molecule has 2 fully saturated rings. The summed E-state index contributed by atoms with van der Waals surface area (Å²) in [5, 5.41) is 3.60. The highest BCUT2D eigenvalue weighted by atomic mass is 32.2. The van der Waals surface area contributed by atoms with Crippen LogP contribution in [-0.2, 0) is 16.6 Å². The maximum absolute atomic E-state index is 13.1. The van der Waals surface area contributed by atoms with Gasteiger partial charge >= 0.3 is 0 Å². The molecule has 0 unspecified atom stereocenters. The van der Waals surface area contributed by atoms with Gasteiger partial charge in [-0.1, -0.05) is 30.3 Å². The van der Waals surface area contributed by atoms with E-state index in [4.69, 9.17) is 0 Å². The molecule has 5 rings (SSSR count). The van der Waals surface area contributed by atoms with Crippen LogP contribution in [0.1, 0.15) is 37.7 Å². The van der Waals surface area contributed by atoms with Crippen LogP contribution in [0.15, 0.2) is 59.3 Å². The van der Waals surface area contributed by atoms with Crippen molar-refractivity contribution in [3.8, 4) is 11.3 Å². The Hall–Kier alpha value is -2.18. The first kappa shape index (κ1) is 18.8. The standard InChI is InChI=1S/C23H27N3O2S/c27-29(28,26-12-1-2-13-26)22-4-3-11-24-23(22)19-8-5-17(6-9-19)16-25-21-15-18-7-10-20(21)14-18/h3-6,8-9,11,15,18,20,25H,1-2,7,10,12-14,16H2/t18-,20-/m1/s1. The first-order chi connectivity index (χ1) is 14.1. The van der Waals surface area contributed by atoms with Crippen molar-refractivity contribution in [1.82, 2.24) is 14.6 Å². The third-order valence-electron chi connectivity index (χ3n) is 6.51. The zero-order valence-corrected chi connectivity index (χ0v) is 17.4. The summed E-state index contributed by atoms with van der Waals surface area (Å²) in [5.74, 6) is 1.51. The van der Waals surface area contributed by atoms with Gasteiger partial charge < -0.3 is 5.32 Å². The lowest BCUT2D eigenvalue weighted by molar-refractivity contribution is 0.477. The summed E-state index contributed by atoms with van der Waals surface area (Å²) in [6.45, 7) is 1.99. The molecule has 2 atom stereocenters. The van der Waals surface area contributed by atoms with Crippen LogP contribution < -0.4 is 5.32 Å². The molecule has 0 amide bonds. The molecule has 1 saturated carbocycles. The zero-order valence-electron chi connectivity index (χ0n) is 16.5. The molecule has 6 heteroatoms. The fraction of sp³-hybridized carbons (Fsp3) is 0.435. The van der Waals surface area contributed by atoms with Crippen molar-refractivity contribution < 1.29 is 8.42 Å². The van der Waals surface area contributed by atoms with E-state index in [0.717, 1.165) is 36.8 Å². The second-order valence-electron chi connectivity index (χ2n) is 8.40. The van der Waals surface area contributed by atoms with Crippen LogP contribution in [0.5, 0.6) is 0 Å². The van der Waals surface area contributed by atoms with E-state index in [2.05, 4.69) is 28.5 Å². The molecule has 29 heavy (non-hydrogen) atoms. The van der Waals surface area contributed by atoms with Gasteiger partial charge in [-0.2, -0.15) is 4.31 Å². The Morgan fingerprint density at radius 3 is 2.55 bits per heavy atom. The van der Waals surface area contributed by atoms with Crippen LogP contribution in [0.2, 0.25) is 0 Å². The normalized spacial score (nSPS) is 24.1. The number of nitrogens with one attached hydrogen (secondary N) is 1. The first-order valence-electron chi connectivity index (χ1n) is 10.6. The molecule has 5 nitrogen and oxygen atoms in total. The van der Waals surface area contributed by atoms with Crippen molar-refractivity contribution in [2.24, 2.45) is 11.8 Å². The van der Waals surface area contributed by atoms with Gasteiger partial charge in [-0.15, -0.1) is 0 Å². The minimum atomic E-state index is -3.50. The predicted molar refractivity (Wildman–Crippen MR) is 113 cm³/mol. The van der Waals surface area contributed by atoms with Crippen molar-refractivity contribution >= 4 is 10.0 Å². The minimum absolute atomic E-state index is 0.305. The third-order valence-corrected chi connectivity index (χ3v) is 8.44. The van der Waals surface area contributed by atoms with Gasteiger partial charge in [0.2, 0.25) is 10.0 Å². The second-order valence-corrected chi connectivity index (χ2v) is 10.3. The van der Waals surface area contributed by atoms with Gasteiger partial charge in [0.1, 0.15) is 4.90 Å². The molecule has 2 aliphatic carbocycles. The fourth-order valence-corrected chi connectivity index (χ4v) is 6.59. The Morgan fingerprint density at radius 1 is 1.07 bits per heavy atom. The average molecular weight is 410 g/mol. The van der Waals surface area contributed by atoms with Crippen LogP contribution >= 0.6 is 0 Å². The lowest BCUT2D eigenvalue weighted by Gasteiger charge is -2.18. The maximum atomic E-state index is 13.1. The Morgan fingerprint density at radius 2 is 1.86 bits per heavy atom. The van der Waals surface area contributed by atoms with Crippen molar-refractivity contribution in [1.29, 1.82) is 0 Å². The Balaban J connectivity index is 1.35. The Bertz CT molecular complexity index is 1020. The number of hydrogen-bond donors (Lipinski definition) is 1. The van der Waals surface area contributed by atoms with Crippen LogP contribution in [0.4, 0.5) is 0 Å². The van der Waals surface area contributed by atoms with E-state index in [-0.39, 0.29) is 0 Å². The number of pyridine rings is 1. The molecule has 0 radical (unpaired) electrons. The second kappa shape index (κ2) is 7.58. The molecule has 3 aliphatic rings. The van der Waals surface area contributed by atoms with Crippen LogP contribution in [0.25, 0.3) is 11.3 Å². The zero-order chi connectivity index (χ0) is 19.8. The van der Waals surface area contributed by atoms with E-state index >= 15 is 0 Å². The van der Waals surface area contributed by atoms with E-state index in [1.807, 2.05) is 12.1 Å². The number of allylic oxidation sites excluding steroid dienone is 2. The lowest BCUT2D eigenvalue weighted by Crippen LogP contribution is -2.28. The van der Waals surface area contributed by atoms with Gasteiger partial charge in [0.25, 0.3) is 0 Å². The summed E-state index contributed by atoms with van der Waals surface area (Å²) in [7, 11) is -3.50. The Kier molecular flexibility index (Phi) is 4.92. The smallest absolute Gasteiger partial charge is 0.245 e. The van der Waals surface area contributed by atoms with Gasteiger partial charge in [-0.05, 0) is 61.6 Å². The van der Waals surface area contributed by atoms with Crippen molar-refractivity contribution in [3.63, 3.8) is 0 Å². The van der Waals surface area contributed by atoms with E-state index in [1.165, 1.54) is 30.5 Å². The lowest BCUT2D eigenvalue weighted by atomic mass is 10.0. The van der Waals surface area contributed by atoms with Crippen molar-refractivity contribution in [3.05, 3.63) is 59.9 Å². The van der Waals surface area contributed by atoms with E-state index < -0.39 is 10.0 Å². The van der Waals surface area contributed by atoms with Crippen molar-refractivity contribution in [2.75, 3.05) is 13.1 Å². The summed E-state index contributed by atoms with van der Waals surface area (Å²) in [5.41, 5.74) is 3.98. The monoisotopic (exact) mass is 409 g/mol. The molecule has 1 saturated heterocycles. The predicted octanol–water partition coefficient (Wildman–Crippen LogP) is 3.94. The fourth-order valence-electron chi connectivity index (χ4n) is 4.91. The first-order valence-corrected chi connectivity index (χ1v) is 12.1. The molecule has 1 N–H and O–H groups in total. The average Bonchev–Trinajstić information content (AvgIpc) is 3.51. The molecule has 1 aliphatic heterocycles. The van der Waals surface area contributed by atoms with E-state index in [0.29, 0.717) is 23.7 Å². The van der Waals surface area contributed by atoms with Crippen molar-refractivity contribution in [2.45, 2.75) is 43.5 Å². The van der Waals surface area contributed by atoms with Crippen LogP contribution in [0, 0.1) is 11.8 Å². The molecular weight excluding hydrogens is 382 g/mol. The molecule has 152 valence electrons. The maximum Gasteiger partial charge on any atom is 0.245 e. The molecular formula is C23H27N3O2S. The highest BCUT2D eigenvalue weighted by molar-refractivity contribution is 7.89. The SMILES string of the molecule is O=S(=O)(c1cccnc1-c1ccc(CNC2=C[C@@H]3CC[C@@H]2C3)cc1)N1CCCC1. The number of benzene rings is 1. The van der Waals surface area contributed by atoms with Gasteiger partial charge in [-0.25, -0.2) is 8.42 Å². The summed E-state index contributed by atoms with van der Waals surface area (Å²) in [6, 6.07) is 11.5. The van der Waals surface area contributed by atoms with E-state index in [9.17, 15) is 8.42 Å². The number of fused-ring (bicyclic) bond motifs is 2. The number of rotatable bonds is 6. The molecule has 1 aromatic heterocycles. The summed E-state index contributed by atoms with van der Waals surface area (Å²) in [4.78, 5) is 4.73.